The smallest absolute Gasteiger partial charge is 0.311 e. The standard InChI is InChI=1S/C15H11BrClFO2/c16-13-4-2-1-3-11(13)12(15(19)20)7-9-5-6-10(17)8-14(9)18/h1-6,8,12H,7H2,(H,19,20). The number of carbonyl (C=O) groups is 1. The second kappa shape index (κ2) is 6.37. The van der Waals surface area contributed by atoms with Gasteiger partial charge in [0.05, 0.1) is 5.92 Å². The molecule has 0 saturated heterocycles. The zero-order chi connectivity index (χ0) is 14.7. The highest BCUT2D eigenvalue weighted by molar-refractivity contribution is 9.10. The highest BCUT2D eigenvalue weighted by Crippen LogP contribution is 2.29. The molecule has 0 aliphatic heterocycles. The van der Waals surface area contributed by atoms with Crippen LogP contribution in [-0.4, -0.2) is 11.1 Å². The summed E-state index contributed by atoms with van der Waals surface area (Å²) in [6.45, 7) is 0. The molecule has 1 unspecified atom stereocenters. The summed E-state index contributed by atoms with van der Waals surface area (Å²) in [4.78, 5) is 11.5. The highest BCUT2D eigenvalue weighted by atomic mass is 79.9. The van der Waals surface area contributed by atoms with Gasteiger partial charge >= 0.3 is 5.97 Å². The summed E-state index contributed by atoms with van der Waals surface area (Å²) in [6, 6.07) is 11.3. The van der Waals surface area contributed by atoms with Gasteiger partial charge in [-0.1, -0.05) is 51.8 Å². The normalized spacial score (nSPS) is 12.2. The Morgan fingerprint density at radius 3 is 2.60 bits per heavy atom. The van der Waals surface area contributed by atoms with E-state index in [1.807, 2.05) is 0 Å². The van der Waals surface area contributed by atoms with E-state index < -0.39 is 17.7 Å². The van der Waals surface area contributed by atoms with Gasteiger partial charge in [-0.05, 0) is 35.7 Å². The molecule has 1 N–H and O–H groups in total. The van der Waals surface area contributed by atoms with Gasteiger partial charge in [0.25, 0.3) is 0 Å². The number of carboxylic acids is 1. The molecule has 104 valence electrons. The summed E-state index contributed by atoms with van der Waals surface area (Å²) >= 11 is 9.02. The quantitative estimate of drug-likeness (QED) is 0.864. The van der Waals surface area contributed by atoms with E-state index in [9.17, 15) is 14.3 Å². The first-order chi connectivity index (χ1) is 9.49. The molecule has 0 saturated carbocycles. The van der Waals surface area contributed by atoms with Crippen molar-refractivity contribution < 1.29 is 14.3 Å². The number of hydrogen-bond donors (Lipinski definition) is 1. The number of carboxylic acid groups (broad SMARTS) is 1. The van der Waals surface area contributed by atoms with Crippen molar-refractivity contribution in [1.29, 1.82) is 0 Å². The van der Waals surface area contributed by atoms with Gasteiger partial charge in [0.1, 0.15) is 5.82 Å². The summed E-state index contributed by atoms with van der Waals surface area (Å²) < 4.78 is 14.5. The van der Waals surface area contributed by atoms with Crippen molar-refractivity contribution in [3.05, 3.63) is 68.9 Å². The van der Waals surface area contributed by atoms with E-state index >= 15 is 0 Å². The van der Waals surface area contributed by atoms with Crippen molar-refractivity contribution in [2.45, 2.75) is 12.3 Å². The first kappa shape index (κ1) is 15.0. The van der Waals surface area contributed by atoms with Gasteiger partial charge in [-0.15, -0.1) is 0 Å². The number of rotatable bonds is 4. The van der Waals surface area contributed by atoms with Crippen LogP contribution < -0.4 is 0 Å². The Bertz CT molecular complexity index is 646. The highest BCUT2D eigenvalue weighted by Gasteiger charge is 2.23. The molecule has 0 amide bonds. The summed E-state index contributed by atoms with van der Waals surface area (Å²) in [7, 11) is 0. The molecule has 2 nitrogen and oxygen atoms in total. The molecule has 0 spiro atoms. The van der Waals surface area contributed by atoms with Gasteiger partial charge in [0.2, 0.25) is 0 Å². The second-order valence-corrected chi connectivity index (χ2v) is 5.64. The van der Waals surface area contributed by atoms with E-state index in [4.69, 9.17) is 11.6 Å². The van der Waals surface area contributed by atoms with E-state index in [0.29, 0.717) is 20.6 Å². The monoisotopic (exact) mass is 356 g/mol. The second-order valence-electron chi connectivity index (χ2n) is 4.35. The molecule has 5 heteroatoms. The molecule has 2 aromatic rings. The van der Waals surface area contributed by atoms with E-state index in [1.165, 1.54) is 12.1 Å². The Kier molecular flexibility index (Phi) is 4.78. The predicted molar refractivity (Wildman–Crippen MR) is 79.6 cm³/mol. The molecule has 2 aromatic carbocycles. The molecule has 20 heavy (non-hydrogen) atoms. The van der Waals surface area contributed by atoms with Crippen LogP contribution in [0.3, 0.4) is 0 Å². The Balaban J connectivity index is 2.36. The summed E-state index contributed by atoms with van der Waals surface area (Å²) in [5, 5.41) is 9.68. The summed E-state index contributed by atoms with van der Waals surface area (Å²) in [5.74, 6) is -2.30. The number of hydrogen-bond acceptors (Lipinski definition) is 1. The average Bonchev–Trinajstić information content (AvgIpc) is 2.39. The largest absolute Gasteiger partial charge is 0.481 e. The summed E-state index contributed by atoms with van der Waals surface area (Å²) in [6.07, 6.45) is 0.0704. The number of halogens is 3. The van der Waals surface area contributed by atoms with Crippen molar-refractivity contribution in [3.63, 3.8) is 0 Å². The lowest BCUT2D eigenvalue weighted by molar-refractivity contribution is -0.138. The predicted octanol–water partition coefficient (Wildman–Crippen LogP) is 4.65. The maximum Gasteiger partial charge on any atom is 0.311 e. The Labute approximate surface area is 129 Å². The fraction of sp³-hybridized carbons (Fsp3) is 0.133. The van der Waals surface area contributed by atoms with Crippen LogP contribution in [0, 0.1) is 5.82 Å². The molecule has 0 aromatic heterocycles. The molecule has 0 heterocycles. The molecular weight excluding hydrogens is 347 g/mol. The first-order valence-electron chi connectivity index (χ1n) is 5.90. The minimum atomic E-state index is -0.994. The molecule has 0 fully saturated rings. The van der Waals surface area contributed by atoms with Crippen LogP contribution in [-0.2, 0) is 11.2 Å². The van der Waals surface area contributed by atoms with Gasteiger partial charge < -0.3 is 5.11 Å². The third-order valence-corrected chi connectivity index (χ3v) is 3.98. The van der Waals surface area contributed by atoms with Crippen LogP contribution in [0.2, 0.25) is 5.02 Å². The van der Waals surface area contributed by atoms with Crippen LogP contribution >= 0.6 is 27.5 Å². The van der Waals surface area contributed by atoms with Crippen LogP contribution in [0.25, 0.3) is 0 Å². The maximum absolute atomic E-state index is 13.8. The maximum atomic E-state index is 13.8. The van der Waals surface area contributed by atoms with Crippen LogP contribution in [0.1, 0.15) is 17.0 Å². The van der Waals surface area contributed by atoms with E-state index in [1.54, 1.807) is 30.3 Å². The van der Waals surface area contributed by atoms with Crippen LogP contribution in [0.5, 0.6) is 0 Å². The van der Waals surface area contributed by atoms with Gasteiger partial charge in [-0.3, -0.25) is 4.79 Å². The van der Waals surface area contributed by atoms with Crippen molar-refractivity contribution in [2.24, 2.45) is 0 Å². The molecule has 2 rings (SSSR count). The zero-order valence-electron chi connectivity index (χ0n) is 10.3. The van der Waals surface area contributed by atoms with Gasteiger partial charge in [-0.25, -0.2) is 4.39 Å². The fourth-order valence-electron chi connectivity index (χ4n) is 2.00. The van der Waals surface area contributed by atoms with Crippen molar-refractivity contribution in [3.8, 4) is 0 Å². The lowest BCUT2D eigenvalue weighted by Gasteiger charge is -2.15. The van der Waals surface area contributed by atoms with E-state index in [2.05, 4.69) is 15.9 Å². The van der Waals surface area contributed by atoms with Crippen molar-refractivity contribution >= 4 is 33.5 Å². The van der Waals surface area contributed by atoms with Crippen molar-refractivity contribution in [1.82, 2.24) is 0 Å². The van der Waals surface area contributed by atoms with E-state index in [0.717, 1.165) is 0 Å². The average molecular weight is 358 g/mol. The number of benzene rings is 2. The molecule has 0 aliphatic carbocycles. The van der Waals surface area contributed by atoms with E-state index in [-0.39, 0.29) is 6.42 Å². The third-order valence-electron chi connectivity index (χ3n) is 3.02. The molecular formula is C15H11BrClFO2. The zero-order valence-corrected chi connectivity index (χ0v) is 12.7. The van der Waals surface area contributed by atoms with Gasteiger partial charge in [0, 0.05) is 9.50 Å². The number of aliphatic carboxylic acids is 1. The van der Waals surface area contributed by atoms with Gasteiger partial charge in [-0.2, -0.15) is 0 Å². The molecule has 0 bridgehead atoms. The first-order valence-corrected chi connectivity index (χ1v) is 7.07. The third kappa shape index (κ3) is 3.38. The Morgan fingerprint density at radius 1 is 1.30 bits per heavy atom. The minimum absolute atomic E-state index is 0.0704. The summed E-state index contributed by atoms with van der Waals surface area (Å²) in [5.41, 5.74) is 0.951. The Hall–Kier alpha value is -1.39. The molecule has 1 atom stereocenters. The fourth-order valence-corrected chi connectivity index (χ4v) is 2.72. The minimum Gasteiger partial charge on any atom is -0.481 e. The lowest BCUT2D eigenvalue weighted by atomic mass is 9.92. The lowest BCUT2D eigenvalue weighted by Crippen LogP contribution is -2.15. The molecule has 0 radical (unpaired) electrons. The van der Waals surface area contributed by atoms with Gasteiger partial charge in [0.15, 0.2) is 0 Å². The van der Waals surface area contributed by atoms with Crippen LogP contribution in [0.15, 0.2) is 46.9 Å². The Morgan fingerprint density at radius 2 is 2.00 bits per heavy atom. The topological polar surface area (TPSA) is 37.3 Å². The molecule has 0 aliphatic rings. The SMILES string of the molecule is O=C(O)C(Cc1ccc(Cl)cc1F)c1ccccc1Br. The van der Waals surface area contributed by atoms with Crippen molar-refractivity contribution in [2.75, 3.05) is 0 Å². The van der Waals surface area contributed by atoms with Crippen LogP contribution in [0.4, 0.5) is 4.39 Å².